The summed E-state index contributed by atoms with van der Waals surface area (Å²) in [4.78, 5) is 24.2. The monoisotopic (exact) mass is 457 g/mol. The first-order valence-electron chi connectivity index (χ1n) is 9.76. The first-order valence-corrected chi connectivity index (χ1v) is 11.1. The highest BCUT2D eigenvalue weighted by molar-refractivity contribution is 7.99. The third-order valence-corrected chi connectivity index (χ3v) is 5.87. The maximum absolute atomic E-state index is 12.1. The predicted molar refractivity (Wildman–Crippen MR) is 119 cm³/mol. The number of thioether (sulfide) groups is 1. The standard InChI is InChI=1S/C21H20ClN5O3S/c1-3-30-16-6-13(14(22)7-15(16)29-2)19-18-11(8-23)9-24-20(18)27-21(26-19)31-10-17(28)25-12-4-5-12/h6-7,9,12H,3-5,10H2,1-2H3,(H,25,28)(H,24,26,27). The van der Waals surface area contributed by atoms with Crippen molar-refractivity contribution in [1.29, 1.82) is 5.26 Å². The van der Waals surface area contributed by atoms with E-state index in [1.807, 2.05) is 6.92 Å². The highest BCUT2D eigenvalue weighted by Crippen LogP contribution is 2.41. The molecule has 2 aromatic heterocycles. The average molecular weight is 458 g/mol. The quantitative estimate of drug-likeness (QED) is 0.389. The molecule has 0 aliphatic heterocycles. The summed E-state index contributed by atoms with van der Waals surface area (Å²) in [6.07, 6.45) is 3.64. The summed E-state index contributed by atoms with van der Waals surface area (Å²) in [5.41, 5.74) is 1.97. The molecule has 0 radical (unpaired) electrons. The minimum absolute atomic E-state index is 0.0527. The van der Waals surface area contributed by atoms with Gasteiger partial charge in [0, 0.05) is 23.9 Å². The topological polar surface area (TPSA) is 113 Å². The maximum atomic E-state index is 12.1. The number of halogens is 1. The number of benzene rings is 1. The molecule has 4 rings (SSSR count). The minimum Gasteiger partial charge on any atom is -0.493 e. The van der Waals surface area contributed by atoms with Gasteiger partial charge in [0.1, 0.15) is 11.7 Å². The summed E-state index contributed by atoms with van der Waals surface area (Å²) >= 11 is 7.79. The molecule has 2 N–H and O–H groups in total. The number of hydrogen-bond acceptors (Lipinski definition) is 7. The molecule has 0 saturated heterocycles. The molecule has 10 heteroatoms. The second-order valence-corrected chi connectivity index (χ2v) is 8.29. The van der Waals surface area contributed by atoms with Crippen LogP contribution < -0.4 is 14.8 Å². The van der Waals surface area contributed by atoms with Crippen LogP contribution in [0.3, 0.4) is 0 Å². The Kier molecular flexibility index (Phi) is 6.20. The van der Waals surface area contributed by atoms with Crippen LogP contribution in [0.4, 0.5) is 0 Å². The van der Waals surface area contributed by atoms with Crippen LogP contribution >= 0.6 is 23.4 Å². The number of rotatable bonds is 8. The zero-order valence-corrected chi connectivity index (χ0v) is 18.6. The van der Waals surface area contributed by atoms with E-state index in [1.54, 1.807) is 18.3 Å². The van der Waals surface area contributed by atoms with Gasteiger partial charge in [-0.05, 0) is 25.8 Å². The van der Waals surface area contributed by atoms with E-state index in [0.29, 0.717) is 62.2 Å². The van der Waals surface area contributed by atoms with Gasteiger partial charge in [-0.25, -0.2) is 9.97 Å². The number of aromatic amines is 1. The van der Waals surface area contributed by atoms with E-state index >= 15 is 0 Å². The molecule has 3 aromatic rings. The molecule has 160 valence electrons. The third kappa shape index (κ3) is 4.55. The van der Waals surface area contributed by atoms with Crippen molar-refractivity contribution in [3.8, 4) is 28.8 Å². The molecule has 1 fully saturated rings. The number of nitrogens with zero attached hydrogens (tertiary/aromatic N) is 3. The third-order valence-electron chi connectivity index (χ3n) is 4.71. The molecule has 1 saturated carbocycles. The Morgan fingerprint density at radius 2 is 2.19 bits per heavy atom. The summed E-state index contributed by atoms with van der Waals surface area (Å²) in [6, 6.07) is 5.86. The number of aromatic nitrogens is 3. The van der Waals surface area contributed by atoms with Gasteiger partial charge in [-0.3, -0.25) is 4.79 Å². The van der Waals surface area contributed by atoms with Crippen LogP contribution in [-0.4, -0.2) is 46.4 Å². The van der Waals surface area contributed by atoms with Gasteiger partial charge >= 0.3 is 0 Å². The normalized spacial score (nSPS) is 13.1. The van der Waals surface area contributed by atoms with E-state index in [1.165, 1.54) is 18.9 Å². The first kappa shape index (κ1) is 21.3. The fourth-order valence-corrected chi connectivity index (χ4v) is 4.03. The Morgan fingerprint density at radius 1 is 1.39 bits per heavy atom. The van der Waals surface area contributed by atoms with Crippen LogP contribution in [0.5, 0.6) is 11.5 Å². The van der Waals surface area contributed by atoms with Crippen LogP contribution in [0.25, 0.3) is 22.3 Å². The van der Waals surface area contributed by atoms with E-state index in [4.69, 9.17) is 21.1 Å². The van der Waals surface area contributed by atoms with Gasteiger partial charge in [-0.15, -0.1) is 0 Å². The molecule has 0 atom stereocenters. The molecule has 0 bridgehead atoms. The van der Waals surface area contributed by atoms with E-state index in [2.05, 4.69) is 26.3 Å². The summed E-state index contributed by atoms with van der Waals surface area (Å²) in [7, 11) is 1.54. The number of fused-ring (bicyclic) bond motifs is 1. The molecule has 1 aromatic carbocycles. The van der Waals surface area contributed by atoms with Crippen LogP contribution in [0, 0.1) is 11.3 Å². The molecule has 31 heavy (non-hydrogen) atoms. The summed E-state index contributed by atoms with van der Waals surface area (Å²) in [6.45, 7) is 2.32. The predicted octanol–water partition coefficient (Wildman–Crippen LogP) is 3.93. The summed E-state index contributed by atoms with van der Waals surface area (Å²) in [5.74, 6) is 1.17. The number of H-pyrrole nitrogens is 1. The van der Waals surface area contributed by atoms with E-state index in [-0.39, 0.29) is 11.7 Å². The Bertz CT molecular complexity index is 1190. The van der Waals surface area contributed by atoms with Gasteiger partial charge in [-0.1, -0.05) is 23.4 Å². The van der Waals surface area contributed by atoms with Crippen LogP contribution in [0.2, 0.25) is 5.02 Å². The molecule has 1 aliphatic carbocycles. The van der Waals surface area contributed by atoms with Crippen molar-refractivity contribution in [2.75, 3.05) is 19.5 Å². The Morgan fingerprint density at radius 3 is 2.87 bits per heavy atom. The number of nitrogens with one attached hydrogen (secondary N) is 2. The van der Waals surface area contributed by atoms with E-state index < -0.39 is 0 Å². The van der Waals surface area contributed by atoms with Gasteiger partial charge in [0.2, 0.25) is 5.91 Å². The van der Waals surface area contributed by atoms with Gasteiger partial charge in [0.15, 0.2) is 16.7 Å². The number of amides is 1. The molecule has 0 unspecified atom stereocenters. The van der Waals surface area contributed by atoms with Crippen molar-refractivity contribution in [2.45, 2.75) is 31.0 Å². The Labute approximate surface area is 188 Å². The van der Waals surface area contributed by atoms with Crippen LogP contribution in [-0.2, 0) is 4.79 Å². The Hall–Kier alpha value is -2.96. The highest BCUT2D eigenvalue weighted by Gasteiger charge is 2.24. The lowest BCUT2D eigenvalue weighted by Gasteiger charge is -2.14. The molecule has 8 nitrogen and oxygen atoms in total. The fourth-order valence-electron chi connectivity index (χ4n) is 3.13. The molecular formula is C21H20ClN5O3S. The van der Waals surface area contributed by atoms with E-state index in [9.17, 15) is 10.1 Å². The highest BCUT2D eigenvalue weighted by atomic mass is 35.5. The van der Waals surface area contributed by atoms with Crippen molar-refractivity contribution in [3.63, 3.8) is 0 Å². The van der Waals surface area contributed by atoms with E-state index in [0.717, 1.165) is 12.8 Å². The zero-order valence-electron chi connectivity index (χ0n) is 17.0. The number of carbonyl (C=O) groups is 1. The van der Waals surface area contributed by atoms with Crippen LogP contribution in [0.15, 0.2) is 23.5 Å². The average Bonchev–Trinajstić information content (AvgIpc) is 3.48. The van der Waals surface area contributed by atoms with Gasteiger partial charge in [0.25, 0.3) is 0 Å². The largest absolute Gasteiger partial charge is 0.493 e. The van der Waals surface area contributed by atoms with Crippen molar-refractivity contribution in [2.24, 2.45) is 0 Å². The SMILES string of the molecule is CCOc1cc(-c2nc(SCC(=O)NC3CC3)nc3[nH]cc(C#N)c23)c(Cl)cc1OC. The lowest BCUT2D eigenvalue weighted by atomic mass is 10.1. The van der Waals surface area contributed by atoms with Crippen LogP contribution in [0.1, 0.15) is 25.3 Å². The van der Waals surface area contributed by atoms with Gasteiger partial charge < -0.3 is 19.8 Å². The van der Waals surface area contributed by atoms with Crippen molar-refractivity contribution in [1.82, 2.24) is 20.3 Å². The number of carbonyl (C=O) groups excluding carboxylic acids is 1. The van der Waals surface area contributed by atoms with Gasteiger partial charge in [-0.2, -0.15) is 5.26 Å². The summed E-state index contributed by atoms with van der Waals surface area (Å²) < 4.78 is 11.1. The minimum atomic E-state index is -0.0527. The second kappa shape index (κ2) is 9.04. The number of nitriles is 1. The van der Waals surface area contributed by atoms with Crippen molar-refractivity contribution >= 4 is 40.3 Å². The molecule has 2 heterocycles. The second-order valence-electron chi connectivity index (χ2n) is 6.94. The number of methoxy groups -OCH3 is 1. The lowest BCUT2D eigenvalue weighted by Crippen LogP contribution is -2.27. The zero-order chi connectivity index (χ0) is 22.0. The summed E-state index contributed by atoms with van der Waals surface area (Å²) in [5, 5.41) is 13.9. The smallest absolute Gasteiger partial charge is 0.230 e. The number of ether oxygens (including phenoxy) is 2. The lowest BCUT2D eigenvalue weighted by molar-refractivity contribution is -0.118. The fraction of sp³-hybridized carbons (Fsp3) is 0.333. The molecule has 1 amide bonds. The van der Waals surface area contributed by atoms with Gasteiger partial charge in [0.05, 0.1) is 41.1 Å². The maximum Gasteiger partial charge on any atom is 0.230 e. The van der Waals surface area contributed by atoms with Crippen molar-refractivity contribution in [3.05, 3.63) is 28.9 Å². The van der Waals surface area contributed by atoms with Crippen molar-refractivity contribution < 1.29 is 14.3 Å². The number of hydrogen-bond donors (Lipinski definition) is 2. The molecule has 0 spiro atoms. The first-order chi connectivity index (χ1) is 15.0. The molecular weight excluding hydrogens is 438 g/mol. The Balaban J connectivity index is 1.78. The molecule has 1 aliphatic rings.